The molecule has 160 valence electrons. The molecule has 0 aliphatic heterocycles. The third-order valence-electron chi connectivity index (χ3n) is 4.21. The molecule has 0 aliphatic rings. The van der Waals surface area contributed by atoms with Crippen molar-refractivity contribution in [1.82, 2.24) is 0 Å². The van der Waals surface area contributed by atoms with E-state index in [2.05, 4.69) is 6.58 Å². The number of unbranched alkanes of at least 4 members (excludes halogenated alkanes) is 3. The van der Waals surface area contributed by atoms with Crippen LogP contribution in [0.3, 0.4) is 0 Å². The number of hydrogen-bond donors (Lipinski definition) is 0. The zero-order valence-electron chi connectivity index (χ0n) is 17.3. The number of benzene rings is 2. The third-order valence-corrected chi connectivity index (χ3v) is 4.21. The molecular formula is C25H25NO5. The molecule has 0 unspecified atom stereocenters. The molecule has 31 heavy (non-hydrogen) atoms. The van der Waals surface area contributed by atoms with Crippen molar-refractivity contribution in [2.45, 2.75) is 25.7 Å². The first-order valence-corrected chi connectivity index (χ1v) is 10.0. The molecule has 0 aliphatic carbocycles. The van der Waals surface area contributed by atoms with Crippen LogP contribution in [-0.2, 0) is 14.3 Å². The summed E-state index contributed by atoms with van der Waals surface area (Å²) in [5.41, 5.74) is 1.35. The van der Waals surface area contributed by atoms with Gasteiger partial charge in [-0.25, -0.2) is 9.59 Å². The third kappa shape index (κ3) is 9.46. The van der Waals surface area contributed by atoms with Crippen molar-refractivity contribution < 1.29 is 23.8 Å². The summed E-state index contributed by atoms with van der Waals surface area (Å²) in [4.78, 5) is 22.8. The molecule has 0 amide bonds. The van der Waals surface area contributed by atoms with Gasteiger partial charge in [0.05, 0.1) is 24.8 Å². The minimum Gasteiger partial charge on any atom is -0.494 e. The second kappa shape index (κ2) is 13.4. The topological polar surface area (TPSA) is 85.6 Å². The lowest BCUT2D eigenvalue weighted by atomic mass is 10.2. The van der Waals surface area contributed by atoms with Crippen molar-refractivity contribution in [3.63, 3.8) is 0 Å². The Morgan fingerprint density at radius 2 is 1.52 bits per heavy atom. The van der Waals surface area contributed by atoms with E-state index in [0.29, 0.717) is 24.5 Å². The van der Waals surface area contributed by atoms with Crippen LogP contribution in [0.4, 0.5) is 0 Å². The molecule has 2 aromatic rings. The quantitative estimate of drug-likeness (QED) is 0.212. The van der Waals surface area contributed by atoms with E-state index < -0.39 is 5.97 Å². The van der Waals surface area contributed by atoms with Crippen LogP contribution in [0.1, 0.15) is 36.8 Å². The molecule has 2 aromatic carbocycles. The van der Waals surface area contributed by atoms with Gasteiger partial charge in [-0.1, -0.05) is 18.7 Å². The van der Waals surface area contributed by atoms with E-state index in [1.807, 2.05) is 30.3 Å². The minimum absolute atomic E-state index is 0.384. The van der Waals surface area contributed by atoms with Crippen LogP contribution >= 0.6 is 0 Å². The van der Waals surface area contributed by atoms with E-state index in [-0.39, 0.29) is 5.97 Å². The molecule has 0 saturated heterocycles. The first kappa shape index (κ1) is 23.4. The Morgan fingerprint density at radius 3 is 2.16 bits per heavy atom. The van der Waals surface area contributed by atoms with Crippen molar-refractivity contribution in [1.29, 1.82) is 5.26 Å². The second-order valence-corrected chi connectivity index (χ2v) is 6.59. The lowest BCUT2D eigenvalue weighted by Crippen LogP contribution is -2.03. The van der Waals surface area contributed by atoms with Crippen LogP contribution < -0.4 is 9.47 Å². The number of carbonyl (C=O) groups is 2. The summed E-state index contributed by atoms with van der Waals surface area (Å²) in [7, 11) is 0. The molecule has 0 saturated carbocycles. The molecule has 0 atom stereocenters. The second-order valence-electron chi connectivity index (χ2n) is 6.59. The van der Waals surface area contributed by atoms with Gasteiger partial charge in [-0.2, -0.15) is 5.26 Å². The Hall–Kier alpha value is -3.85. The lowest BCUT2D eigenvalue weighted by Gasteiger charge is -2.06. The molecular weight excluding hydrogens is 394 g/mol. The fourth-order valence-electron chi connectivity index (χ4n) is 2.57. The van der Waals surface area contributed by atoms with Crippen molar-refractivity contribution >= 4 is 18.0 Å². The highest BCUT2D eigenvalue weighted by Gasteiger charge is 2.01. The highest BCUT2D eigenvalue weighted by Crippen LogP contribution is 2.15. The molecule has 0 fully saturated rings. The summed E-state index contributed by atoms with van der Waals surface area (Å²) in [6, 6.07) is 15.7. The standard InChI is InChI=1S/C25H25NO5/c1-2-24(27)30-18-6-4-3-5-17-29-22-12-7-20(8-13-22)11-16-25(28)31-23-14-9-21(19-26)10-15-23/h2,7-16H,1,3-6,17-18H2/b16-11+. The van der Waals surface area contributed by atoms with Crippen molar-refractivity contribution in [3.8, 4) is 17.6 Å². The maximum atomic E-state index is 11.9. The number of esters is 2. The Labute approximate surface area is 182 Å². The normalized spacial score (nSPS) is 10.3. The van der Waals surface area contributed by atoms with Gasteiger partial charge >= 0.3 is 11.9 Å². The maximum Gasteiger partial charge on any atom is 0.336 e. The fourth-order valence-corrected chi connectivity index (χ4v) is 2.57. The molecule has 0 heterocycles. The van der Waals surface area contributed by atoms with Crippen molar-refractivity contribution in [3.05, 3.63) is 78.4 Å². The van der Waals surface area contributed by atoms with Crippen LogP contribution in [-0.4, -0.2) is 25.2 Å². The Balaban J connectivity index is 1.64. The minimum atomic E-state index is -0.496. The van der Waals surface area contributed by atoms with Gasteiger partial charge in [0.2, 0.25) is 0 Å². The lowest BCUT2D eigenvalue weighted by molar-refractivity contribution is -0.137. The molecule has 0 aromatic heterocycles. The number of ether oxygens (including phenoxy) is 3. The van der Waals surface area contributed by atoms with E-state index in [4.69, 9.17) is 19.5 Å². The predicted molar refractivity (Wildman–Crippen MR) is 117 cm³/mol. The van der Waals surface area contributed by atoms with Gasteiger partial charge in [0.15, 0.2) is 0 Å². The van der Waals surface area contributed by atoms with Crippen LogP contribution in [0.5, 0.6) is 11.5 Å². The predicted octanol–water partition coefficient (Wildman–Crippen LogP) is 4.85. The van der Waals surface area contributed by atoms with Gasteiger partial charge in [0.1, 0.15) is 11.5 Å². The van der Waals surface area contributed by atoms with Gasteiger partial charge in [-0.05, 0) is 73.7 Å². The van der Waals surface area contributed by atoms with Gasteiger partial charge in [0, 0.05) is 12.2 Å². The Kier molecular flexibility index (Phi) is 10.1. The summed E-state index contributed by atoms with van der Waals surface area (Å²) >= 11 is 0. The fraction of sp³-hybridized carbons (Fsp3) is 0.240. The van der Waals surface area contributed by atoms with Crippen LogP contribution in [0.2, 0.25) is 0 Å². The molecule has 2 rings (SSSR count). The summed E-state index contributed by atoms with van der Waals surface area (Å²) in [5.74, 6) is 0.265. The molecule has 0 radical (unpaired) electrons. The SMILES string of the molecule is C=CC(=O)OCCCCCCOc1ccc(/C=C/C(=O)Oc2ccc(C#N)cc2)cc1. The van der Waals surface area contributed by atoms with Gasteiger partial charge in [-0.3, -0.25) is 0 Å². The molecule has 0 bridgehead atoms. The highest BCUT2D eigenvalue weighted by molar-refractivity contribution is 5.88. The zero-order chi connectivity index (χ0) is 22.3. The van der Waals surface area contributed by atoms with Crippen LogP contribution in [0.15, 0.2) is 67.3 Å². The summed E-state index contributed by atoms with van der Waals surface area (Å²) in [5, 5.41) is 8.77. The smallest absolute Gasteiger partial charge is 0.336 e. The van der Waals surface area contributed by atoms with Crippen molar-refractivity contribution in [2.24, 2.45) is 0 Å². The van der Waals surface area contributed by atoms with E-state index in [9.17, 15) is 9.59 Å². The zero-order valence-corrected chi connectivity index (χ0v) is 17.3. The monoisotopic (exact) mass is 419 g/mol. The first-order chi connectivity index (χ1) is 15.1. The van der Waals surface area contributed by atoms with Crippen molar-refractivity contribution in [2.75, 3.05) is 13.2 Å². The van der Waals surface area contributed by atoms with E-state index in [0.717, 1.165) is 43.1 Å². The Bertz CT molecular complexity index is 924. The number of hydrogen-bond acceptors (Lipinski definition) is 6. The van der Waals surface area contributed by atoms with Gasteiger partial charge in [0.25, 0.3) is 0 Å². The largest absolute Gasteiger partial charge is 0.494 e. The number of nitrogens with zero attached hydrogens (tertiary/aromatic N) is 1. The maximum absolute atomic E-state index is 11.9. The Morgan fingerprint density at radius 1 is 0.871 bits per heavy atom. The number of nitriles is 1. The molecule has 6 heteroatoms. The van der Waals surface area contributed by atoms with E-state index in [1.165, 1.54) is 6.08 Å². The van der Waals surface area contributed by atoms with Gasteiger partial charge < -0.3 is 14.2 Å². The van der Waals surface area contributed by atoms with E-state index >= 15 is 0 Å². The summed E-state index contributed by atoms with van der Waals surface area (Å²) in [6.07, 6.45) is 7.88. The highest BCUT2D eigenvalue weighted by atomic mass is 16.5. The summed E-state index contributed by atoms with van der Waals surface area (Å²) < 4.78 is 15.8. The average Bonchev–Trinajstić information content (AvgIpc) is 2.80. The van der Waals surface area contributed by atoms with Gasteiger partial charge in [-0.15, -0.1) is 0 Å². The molecule has 0 spiro atoms. The van der Waals surface area contributed by atoms with E-state index in [1.54, 1.807) is 30.3 Å². The average molecular weight is 419 g/mol. The van der Waals surface area contributed by atoms with Crippen LogP contribution in [0, 0.1) is 11.3 Å². The first-order valence-electron chi connectivity index (χ1n) is 10.0. The summed E-state index contributed by atoms with van der Waals surface area (Å²) in [6.45, 7) is 4.38. The van der Waals surface area contributed by atoms with Crippen LogP contribution in [0.25, 0.3) is 6.08 Å². The molecule has 6 nitrogen and oxygen atoms in total. The number of rotatable bonds is 12. The molecule has 0 N–H and O–H groups in total. The number of carbonyl (C=O) groups excluding carboxylic acids is 2.